The summed E-state index contributed by atoms with van der Waals surface area (Å²) < 4.78 is 31.2. The second kappa shape index (κ2) is 10.3. The molecule has 0 radical (unpaired) electrons. The molecule has 2 aromatic carbocycles. The van der Waals surface area contributed by atoms with Gasteiger partial charge in [0, 0.05) is 23.9 Å². The number of aliphatic hydroxyl groups is 1. The van der Waals surface area contributed by atoms with Gasteiger partial charge in [0.15, 0.2) is 6.29 Å². The largest absolute Gasteiger partial charge is 0.497 e. The molecule has 0 bridgehead atoms. The van der Waals surface area contributed by atoms with Gasteiger partial charge in [0.25, 0.3) is 0 Å². The van der Waals surface area contributed by atoms with E-state index in [0.717, 1.165) is 11.8 Å². The minimum atomic E-state index is -1.04. The van der Waals surface area contributed by atoms with E-state index in [1.165, 1.54) is 7.11 Å². The molecular weight excluding hydrogens is 458 g/mol. The lowest BCUT2D eigenvalue weighted by molar-refractivity contribution is -0.230. The van der Waals surface area contributed by atoms with E-state index in [9.17, 15) is 9.50 Å². The summed E-state index contributed by atoms with van der Waals surface area (Å²) in [6.45, 7) is 1.25. The average molecular weight is 481 g/mol. The molecule has 2 heterocycles. The van der Waals surface area contributed by atoms with E-state index in [1.807, 2.05) is 6.07 Å². The van der Waals surface area contributed by atoms with Gasteiger partial charge in [-0.2, -0.15) is 0 Å². The topological polar surface area (TPSA) is 72.8 Å². The molecule has 6 nitrogen and oxygen atoms in total. The number of halogens is 3. The predicted octanol–water partition coefficient (Wildman–Crippen LogP) is 4.12. The first-order chi connectivity index (χ1) is 15.4. The minimum absolute atomic E-state index is 0.0179. The Kier molecular flexibility index (Phi) is 7.45. The normalized spacial score (nSPS) is 19.8. The highest BCUT2D eigenvalue weighted by Crippen LogP contribution is 2.27. The minimum Gasteiger partial charge on any atom is -0.497 e. The number of aromatic nitrogens is 1. The van der Waals surface area contributed by atoms with E-state index in [4.69, 9.17) is 37.4 Å². The first-order valence-corrected chi connectivity index (χ1v) is 10.9. The van der Waals surface area contributed by atoms with Crippen molar-refractivity contribution >= 4 is 34.1 Å². The van der Waals surface area contributed by atoms with Gasteiger partial charge in [0.2, 0.25) is 0 Å². The Morgan fingerprint density at radius 1 is 1.19 bits per heavy atom. The molecule has 4 rings (SSSR count). The number of ether oxygens (including phenoxy) is 3. The van der Waals surface area contributed by atoms with Crippen molar-refractivity contribution in [2.75, 3.05) is 20.3 Å². The number of methoxy groups -OCH3 is 1. The molecule has 9 heteroatoms. The number of fused-ring (bicyclic) bond motifs is 1. The molecular formula is C23H23Cl2FN2O4. The van der Waals surface area contributed by atoms with E-state index < -0.39 is 18.2 Å². The van der Waals surface area contributed by atoms with Gasteiger partial charge in [0.05, 0.1) is 48.1 Å². The van der Waals surface area contributed by atoms with Crippen molar-refractivity contribution < 1.29 is 23.7 Å². The number of nitrogens with zero attached hydrogens (tertiary/aromatic N) is 1. The SMILES string of the molecule is COc1ccc2ncc(F)c(C[C@H](O)C3OCC(NCc4ccc(Cl)c(Cl)c4)CO3)c2c1. The lowest BCUT2D eigenvalue weighted by Crippen LogP contribution is -2.48. The Morgan fingerprint density at radius 2 is 1.97 bits per heavy atom. The molecule has 3 aromatic rings. The highest BCUT2D eigenvalue weighted by atomic mass is 35.5. The van der Waals surface area contributed by atoms with Crippen molar-refractivity contribution in [2.45, 2.75) is 31.4 Å². The molecule has 0 unspecified atom stereocenters. The van der Waals surface area contributed by atoms with Gasteiger partial charge in [0.1, 0.15) is 17.7 Å². The molecule has 2 N–H and O–H groups in total. The van der Waals surface area contributed by atoms with Gasteiger partial charge in [-0.05, 0) is 35.9 Å². The van der Waals surface area contributed by atoms with Gasteiger partial charge in [-0.25, -0.2) is 4.39 Å². The fourth-order valence-electron chi connectivity index (χ4n) is 3.61. The van der Waals surface area contributed by atoms with Crippen LogP contribution in [0, 0.1) is 5.82 Å². The van der Waals surface area contributed by atoms with Crippen molar-refractivity contribution in [3.05, 3.63) is 69.6 Å². The molecule has 32 heavy (non-hydrogen) atoms. The molecule has 1 aliphatic heterocycles. The van der Waals surface area contributed by atoms with E-state index in [-0.39, 0.29) is 12.5 Å². The number of benzene rings is 2. The summed E-state index contributed by atoms with van der Waals surface area (Å²) in [5, 5.41) is 15.6. The molecule has 1 saturated heterocycles. The van der Waals surface area contributed by atoms with Crippen LogP contribution in [0.4, 0.5) is 4.39 Å². The summed E-state index contributed by atoms with van der Waals surface area (Å²) in [5.41, 5.74) is 1.94. The molecule has 1 atom stereocenters. The second-order valence-electron chi connectivity index (χ2n) is 7.60. The molecule has 1 aliphatic rings. The second-order valence-corrected chi connectivity index (χ2v) is 8.41. The first kappa shape index (κ1) is 23.2. The van der Waals surface area contributed by atoms with Crippen LogP contribution >= 0.6 is 23.2 Å². The number of hydrogen-bond acceptors (Lipinski definition) is 6. The first-order valence-electron chi connectivity index (χ1n) is 10.1. The summed E-state index contributed by atoms with van der Waals surface area (Å²) in [6.07, 6.45) is -0.726. The summed E-state index contributed by atoms with van der Waals surface area (Å²) in [5.74, 6) is 0.0866. The molecule has 170 valence electrons. The van der Waals surface area contributed by atoms with Crippen molar-refractivity contribution in [3.8, 4) is 5.75 Å². The van der Waals surface area contributed by atoms with Crippen molar-refractivity contribution in [1.29, 1.82) is 0 Å². The average Bonchev–Trinajstić information content (AvgIpc) is 2.81. The fourth-order valence-corrected chi connectivity index (χ4v) is 3.93. The van der Waals surface area contributed by atoms with Gasteiger partial charge in [-0.15, -0.1) is 0 Å². The van der Waals surface area contributed by atoms with Crippen molar-refractivity contribution in [2.24, 2.45) is 0 Å². The maximum Gasteiger partial charge on any atom is 0.183 e. The standard InChI is InChI=1S/C23H23Cl2FN2O4/c1-30-15-3-5-21-17(7-15)16(20(26)10-28-21)8-22(29)23-31-11-14(12-32-23)27-9-13-2-4-18(24)19(25)6-13/h2-7,10,14,22-23,27,29H,8-9,11-12H2,1H3/t14?,22-,23?/m0/s1. The van der Waals surface area contributed by atoms with Gasteiger partial charge < -0.3 is 24.6 Å². The zero-order chi connectivity index (χ0) is 22.7. The fraction of sp³-hybridized carbons (Fsp3) is 0.348. The summed E-state index contributed by atoms with van der Waals surface area (Å²) >= 11 is 12.0. The molecule has 1 aromatic heterocycles. The molecule has 1 fully saturated rings. The molecule has 0 spiro atoms. The van der Waals surface area contributed by atoms with Crippen molar-refractivity contribution in [1.82, 2.24) is 10.3 Å². The third-order valence-corrected chi connectivity index (χ3v) is 6.10. The summed E-state index contributed by atoms with van der Waals surface area (Å²) in [4.78, 5) is 4.10. The van der Waals surface area contributed by atoms with Gasteiger partial charge in [-0.3, -0.25) is 4.98 Å². The quantitative estimate of drug-likeness (QED) is 0.529. The van der Waals surface area contributed by atoms with Crippen LogP contribution in [0.1, 0.15) is 11.1 Å². The number of hydrogen-bond donors (Lipinski definition) is 2. The predicted molar refractivity (Wildman–Crippen MR) is 121 cm³/mol. The highest BCUT2D eigenvalue weighted by Gasteiger charge is 2.29. The van der Waals surface area contributed by atoms with Gasteiger partial charge in [-0.1, -0.05) is 29.3 Å². The number of rotatable bonds is 7. The van der Waals surface area contributed by atoms with Crippen LogP contribution in [0.3, 0.4) is 0 Å². The van der Waals surface area contributed by atoms with Crippen LogP contribution in [0.2, 0.25) is 10.0 Å². The number of aliphatic hydroxyl groups excluding tert-OH is 1. The third kappa shape index (κ3) is 5.31. The zero-order valence-electron chi connectivity index (χ0n) is 17.4. The zero-order valence-corrected chi connectivity index (χ0v) is 18.9. The van der Waals surface area contributed by atoms with E-state index in [0.29, 0.717) is 52.0 Å². The smallest absolute Gasteiger partial charge is 0.183 e. The van der Waals surface area contributed by atoms with E-state index >= 15 is 0 Å². The van der Waals surface area contributed by atoms with Crippen LogP contribution in [-0.4, -0.2) is 48.8 Å². The van der Waals surface area contributed by atoms with Crippen LogP contribution in [0.5, 0.6) is 5.75 Å². The monoisotopic (exact) mass is 480 g/mol. The third-order valence-electron chi connectivity index (χ3n) is 5.36. The maximum atomic E-state index is 14.5. The lowest BCUT2D eigenvalue weighted by atomic mass is 10.0. The van der Waals surface area contributed by atoms with E-state index in [2.05, 4.69) is 10.3 Å². The summed E-state index contributed by atoms with van der Waals surface area (Å²) in [6, 6.07) is 10.6. The molecule has 0 saturated carbocycles. The maximum absolute atomic E-state index is 14.5. The Bertz CT molecular complexity index is 1090. The number of pyridine rings is 1. The molecule has 0 amide bonds. The Morgan fingerprint density at radius 3 is 2.69 bits per heavy atom. The van der Waals surface area contributed by atoms with Crippen LogP contribution in [0.15, 0.2) is 42.6 Å². The van der Waals surface area contributed by atoms with Gasteiger partial charge >= 0.3 is 0 Å². The van der Waals surface area contributed by atoms with E-state index in [1.54, 1.807) is 30.3 Å². The highest BCUT2D eigenvalue weighted by molar-refractivity contribution is 6.42. The molecule has 0 aliphatic carbocycles. The Balaban J connectivity index is 1.35. The number of nitrogens with one attached hydrogen (secondary N) is 1. The van der Waals surface area contributed by atoms with Crippen LogP contribution in [-0.2, 0) is 22.4 Å². The summed E-state index contributed by atoms with van der Waals surface area (Å²) in [7, 11) is 1.54. The van der Waals surface area contributed by atoms with Crippen LogP contribution in [0.25, 0.3) is 10.9 Å². The Labute approximate surface area is 195 Å². The lowest BCUT2D eigenvalue weighted by Gasteiger charge is -2.32. The van der Waals surface area contributed by atoms with Crippen molar-refractivity contribution in [3.63, 3.8) is 0 Å². The van der Waals surface area contributed by atoms with Crippen LogP contribution < -0.4 is 10.1 Å². The Hall–Kier alpha value is -2.00.